The molecule has 7 heteroatoms. The summed E-state index contributed by atoms with van der Waals surface area (Å²) in [5.74, 6) is 1.29. The van der Waals surface area contributed by atoms with Gasteiger partial charge < -0.3 is 30.2 Å². The third kappa shape index (κ3) is 3.20. The average molecular weight is 343 g/mol. The van der Waals surface area contributed by atoms with Gasteiger partial charge in [0.25, 0.3) is 5.91 Å². The van der Waals surface area contributed by atoms with E-state index in [-0.39, 0.29) is 11.8 Å². The largest absolute Gasteiger partial charge is 0.486 e. The molecule has 3 heterocycles. The van der Waals surface area contributed by atoms with E-state index < -0.39 is 6.10 Å². The number of hydrogen-bond donors (Lipinski definition) is 4. The van der Waals surface area contributed by atoms with E-state index in [0.29, 0.717) is 44.2 Å². The van der Waals surface area contributed by atoms with Gasteiger partial charge in [0.1, 0.15) is 13.2 Å². The maximum Gasteiger partial charge on any atom is 0.253 e. The van der Waals surface area contributed by atoms with Crippen molar-refractivity contribution in [3.63, 3.8) is 0 Å². The third-order valence-electron chi connectivity index (χ3n) is 4.67. The Morgan fingerprint density at radius 2 is 2.04 bits per heavy atom. The zero-order valence-corrected chi connectivity index (χ0v) is 13.7. The Bertz CT molecular complexity index is 773. The molecule has 2 unspecified atom stereocenters. The number of amides is 1. The Hall–Kier alpha value is -2.51. The molecule has 2 aliphatic heterocycles. The number of carbonyl (C=O) groups is 1. The van der Waals surface area contributed by atoms with Crippen LogP contribution in [0.4, 0.5) is 0 Å². The van der Waals surface area contributed by atoms with E-state index in [1.807, 2.05) is 18.2 Å². The van der Waals surface area contributed by atoms with Crippen LogP contribution in [0.15, 0.2) is 30.6 Å². The Morgan fingerprint density at radius 3 is 2.84 bits per heavy atom. The Morgan fingerprint density at radius 1 is 1.20 bits per heavy atom. The summed E-state index contributed by atoms with van der Waals surface area (Å²) in [5, 5.41) is 15.9. The molecule has 1 aromatic heterocycles. The molecule has 1 amide bonds. The molecule has 1 saturated heterocycles. The number of carbonyl (C=O) groups excluding carboxylic acids is 1. The van der Waals surface area contributed by atoms with Crippen LogP contribution < -0.4 is 20.1 Å². The van der Waals surface area contributed by atoms with Crippen molar-refractivity contribution in [2.45, 2.75) is 6.10 Å². The number of hydrogen-bond acceptors (Lipinski definition) is 5. The van der Waals surface area contributed by atoms with Crippen molar-refractivity contribution >= 4 is 5.91 Å². The van der Waals surface area contributed by atoms with E-state index in [0.717, 1.165) is 16.9 Å². The molecule has 1 aromatic carbocycles. The number of ether oxygens (including phenoxy) is 2. The van der Waals surface area contributed by atoms with Crippen molar-refractivity contribution < 1.29 is 19.4 Å². The molecule has 2 atom stereocenters. The summed E-state index contributed by atoms with van der Waals surface area (Å²) in [6.45, 7) is 2.80. The fourth-order valence-corrected chi connectivity index (χ4v) is 3.25. The van der Waals surface area contributed by atoms with Crippen LogP contribution in [-0.2, 0) is 0 Å². The van der Waals surface area contributed by atoms with Gasteiger partial charge in [0, 0.05) is 43.5 Å². The van der Waals surface area contributed by atoms with E-state index in [1.54, 1.807) is 12.4 Å². The fraction of sp³-hybridized carbons (Fsp3) is 0.389. The molecule has 132 valence electrons. The van der Waals surface area contributed by atoms with Crippen LogP contribution in [0.1, 0.15) is 10.4 Å². The van der Waals surface area contributed by atoms with Gasteiger partial charge in [0.05, 0.1) is 11.7 Å². The van der Waals surface area contributed by atoms with Gasteiger partial charge in [-0.2, -0.15) is 0 Å². The monoisotopic (exact) mass is 343 g/mol. The van der Waals surface area contributed by atoms with Gasteiger partial charge in [-0.3, -0.25) is 4.79 Å². The number of aromatic nitrogens is 1. The predicted molar refractivity (Wildman–Crippen MR) is 91.9 cm³/mol. The molecule has 2 aliphatic rings. The van der Waals surface area contributed by atoms with Crippen LogP contribution in [0.25, 0.3) is 11.1 Å². The van der Waals surface area contributed by atoms with Crippen LogP contribution in [0.5, 0.6) is 11.5 Å². The lowest BCUT2D eigenvalue weighted by molar-refractivity contribution is 0.0928. The third-order valence-corrected chi connectivity index (χ3v) is 4.67. The predicted octanol–water partition coefficient (Wildman–Crippen LogP) is 0.763. The number of rotatable bonds is 4. The first-order valence-corrected chi connectivity index (χ1v) is 8.46. The minimum Gasteiger partial charge on any atom is -0.486 e. The smallest absolute Gasteiger partial charge is 0.253 e. The van der Waals surface area contributed by atoms with E-state index in [9.17, 15) is 9.90 Å². The summed E-state index contributed by atoms with van der Waals surface area (Å²) in [5.41, 5.74) is 2.26. The lowest BCUT2D eigenvalue weighted by Crippen LogP contribution is -2.34. The fourth-order valence-electron chi connectivity index (χ4n) is 3.25. The summed E-state index contributed by atoms with van der Waals surface area (Å²) < 4.78 is 11.2. The molecule has 0 radical (unpaired) electrons. The number of nitrogens with one attached hydrogen (secondary N) is 3. The molecule has 1 fully saturated rings. The molecular weight excluding hydrogens is 322 g/mol. The van der Waals surface area contributed by atoms with Crippen molar-refractivity contribution in [2.24, 2.45) is 5.92 Å². The van der Waals surface area contributed by atoms with Gasteiger partial charge in [-0.05, 0) is 17.7 Å². The number of β-amino-alcohol motifs (C(OH)–C–C–N with tert-alkyl or cyclic N) is 1. The molecule has 0 aliphatic carbocycles. The summed E-state index contributed by atoms with van der Waals surface area (Å²) >= 11 is 0. The molecule has 0 spiro atoms. The second-order valence-electron chi connectivity index (χ2n) is 6.34. The van der Waals surface area contributed by atoms with E-state index in [2.05, 4.69) is 15.6 Å². The Kier molecular flexibility index (Phi) is 4.33. The van der Waals surface area contributed by atoms with Gasteiger partial charge in [0.2, 0.25) is 0 Å². The maximum atomic E-state index is 12.6. The maximum absolute atomic E-state index is 12.6. The highest BCUT2D eigenvalue weighted by atomic mass is 16.6. The molecular formula is C18H21N3O4. The zero-order chi connectivity index (χ0) is 17.2. The summed E-state index contributed by atoms with van der Waals surface area (Å²) in [6.07, 6.45) is 3.07. The van der Waals surface area contributed by atoms with Crippen molar-refractivity contribution in [3.05, 3.63) is 36.2 Å². The first kappa shape index (κ1) is 16.0. The summed E-state index contributed by atoms with van der Waals surface area (Å²) in [7, 11) is 0. The van der Waals surface area contributed by atoms with Crippen LogP contribution >= 0.6 is 0 Å². The van der Waals surface area contributed by atoms with Crippen LogP contribution in [0.2, 0.25) is 0 Å². The number of aromatic amines is 1. The Balaban J connectivity index is 1.51. The van der Waals surface area contributed by atoms with Gasteiger partial charge in [-0.1, -0.05) is 6.07 Å². The topological polar surface area (TPSA) is 95.6 Å². The lowest BCUT2D eigenvalue weighted by Gasteiger charge is -2.19. The standard InChI is InChI=1S/C18H21N3O4/c22-15-10-19-6-12(15)7-21-18(23)14-9-20-8-13(14)11-1-2-16-17(5-11)25-4-3-24-16/h1-2,5,8-9,12,15,19-20,22H,3-4,6-7,10H2,(H,21,23). The van der Waals surface area contributed by atoms with Crippen molar-refractivity contribution in [1.29, 1.82) is 0 Å². The van der Waals surface area contributed by atoms with Gasteiger partial charge in [0.15, 0.2) is 11.5 Å². The number of fused-ring (bicyclic) bond motifs is 1. The number of benzene rings is 1. The van der Waals surface area contributed by atoms with E-state index in [1.165, 1.54) is 0 Å². The SMILES string of the molecule is O=C(NCC1CNCC1O)c1c[nH]cc1-c1ccc2c(c1)OCCO2. The van der Waals surface area contributed by atoms with Crippen molar-refractivity contribution in [3.8, 4) is 22.6 Å². The van der Waals surface area contributed by atoms with E-state index in [4.69, 9.17) is 9.47 Å². The first-order valence-electron chi connectivity index (χ1n) is 8.46. The normalized spacial score (nSPS) is 22.0. The molecule has 7 nitrogen and oxygen atoms in total. The molecule has 25 heavy (non-hydrogen) atoms. The molecule has 4 N–H and O–H groups in total. The minimum absolute atomic E-state index is 0.0423. The van der Waals surface area contributed by atoms with Gasteiger partial charge >= 0.3 is 0 Å². The van der Waals surface area contributed by atoms with Crippen LogP contribution in [0, 0.1) is 5.92 Å². The number of H-pyrrole nitrogens is 1. The highest BCUT2D eigenvalue weighted by Gasteiger charge is 2.26. The van der Waals surface area contributed by atoms with Crippen LogP contribution in [-0.4, -0.2) is 54.9 Å². The molecule has 0 bridgehead atoms. The lowest BCUT2D eigenvalue weighted by atomic mass is 10.0. The molecule has 4 rings (SSSR count). The van der Waals surface area contributed by atoms with Crippen LogP contribution in [0.3, 0.4) is 0 Å². The minimum atomic E-state index is -0.413. The molecule has 0 saturated carbocycles. The van der Waals surface area contributed by atoms with Crippen molar-refractivity contribution in [2.75, 3.05) is 32.8 Å². The van der Waals surface area contributed by atoms with Gasteiger partial charge in [-0.15, -0.1) is 0 Å². The quantitative estimate of drug-likeness (QED) is 0.657. The number of aliphatic hydroxyl groups is 1. The van der Waals surface area contributed by atoms with E-state index >= 15 is 0 Å². The highest BCUT2D eigenvalue weighted by molar-refractivity contribution is 6.00. The summed E-state index contributed by atoms with van der Waals surface area (Å²) in [6, 6.07) is 5.66. The number of aliphatic hydroxyl groups excluding tert-OH is 1. The Labute approximate surface area is 145 Å². The summed E-state index contributed by atoms with van der Waals surface area (Å²) in [4.78, 5) is 15.6. The van der Waals surface area contributed by atoms with Crippen molar-refractivity contribution in [1.82, 2.24) is 15.6 Å². The van der Waals surface area contributed by atoms with Gasteiger partial charge in [-0.25, -0.2) is 0 Å². The highest BCUT2D eigenvalue weighted by Crippen LogP contribution is 2.35. The average Bonchev–Trinajstić information content (AvgIpc) is 3.28. The first-order chi connectivity index (χ1) is 12.2. The second kappa shape index (κ2) is 6.78. The zero-order valence-electron chi connectivity index (χ0n) is 13.7. The molecule has 2 aromatic rings. The second-order valence-corrected chi connectivity index (χ2v) is 6.34.